The van der Waals surface area contributed by atoms with Gasteiger partial charge >= 0.3 is 0 Å². The van der Waals surface area contributed by atoms with Crippen molar-refractivity contribution in [1.29, 1.82) is 0 Å². The van der Waals surface area contributed by atoms with Gasteiger partial charge < -0.3 is 15.0 Å². The molecule has 1 aliphatic rings. The first-order valence-corrected chi connectivity index (χ1v) is 5.59. The SMILES string of the molecule is CC1(O)CCCN(c2ncc[nH]c2=O)CC1. The van der Waals surface area contributed by atoms with E-state index in [1.54, 1.807) is 6.20 Å². The number of anilines is 1. The molecule has 2 N–H and O–H groups in total. The molecule has 1 saturated heterocycles. The minimum Gasteiger partial charge on any atom is -0.390 e. The van der Waals surface area contributed by atoms with Crippen LogP contribution in [0.4, 0.5) is 5.82 Å². The van der Waals surface area contributed by atoms with Crippen molar-refractivity contribution in [1.82, 2.24) is 9.97 Å². The summed E-state index contributed by atoms with van der Waals surface area (Å²) in [6.45, 7) is 3.29. The lowest BCUT2D eigenvalue weighted by Gasteiger charge is -2.22. The Morgan fingerprint density at radius 1 is 1.50 bits per heavy atom. The third-order valence-corrected chi connectivity index (χ3v) is 3.05. The fourth-order valence-corrected chi connectivity index (χ4v) is 2.04. The summed E-state index contributed by atoms with van der Waals surface area (Å²) in [4.78, 5) is 20.2. The second kappa shape index (κ2) is 4.25. The molecule has 1 unspecified atom stereocenters. The molecular weight excluding hydrogens is 206 g/mol. The van der Waals surface area contributed by atoms with Gasteiger partial charge in [-0.1, -0.05) is 0 Å². The summed E-state index contributed by atoms with van der Waals surface area (Å²) in [6.07, 6.45) is 5.43. The molecule has 16 heavy (non-hydrogen) atoms. The van der Waals surface area contributed by atoms with Gasteiger partial charge in [-0.25, -0.2) is 4.98 Å². The molecule has 88 valence electrons. The lowest BCUT2D eigenvalue weighted by atomic mass is 9.98. The first kappa shape index (κ1) is 11.1. The molecule has 0 bridgehead atoms. The molecule has 0 aromatic carbocycles. The summed E-state index contributed by atoms with van der Waals surface area (Å²) in [6, 6.07) is 0. The highest BCUT2D eigenvalue weighted by Crippen LogP contribution is 2.22. The first-order chi connectivity index (χ1) is 7.58. The molecule has 1 aromatic rings. The Bertz CT molecular complexity index is 414. The zero-order valence-corrected chi connectivity index (χ0v) is 9.44. The summed E-state index contributed by atoms with van der Waals surface area (Å²) in [5.74, 6) is 0.459. The Hall–Kier alpha value is -1.36. The molecule has 1 fully saturated rings. The van der Waals surface area contributed by atoms with Crippen LogP contribution in [0.5, 0.6) is 0 Å². The maximum absolute atomic E-state index is 11.6. The maximum atomic E-state index is 11.6. The third-order valence-electron chi connectivity index (χ3n) is 3.05. The van der Waals surface area contributed by atoms with Gasteiger partial charge in [0.05, 0.1) is 5.60 Å². The Balaban J connectivity index is 2.17. The van der Waals surface area contributed by atoms with E-state index in [-0.39, 0.29) is 5.56 Å². The maximum Gasteiger partial charge on any atom is 0.290 e. The molecule has 2 heterocycles. The third kappa shape index (κ3) is 2.41. The van der Waals surface area contributed by atoms with Crippen molar-refractivity contribution in [3.63, 3.8) is 0 Å². The Morgan fingerprint density at radius 3 is 3.06 bits per heavy atom. The summed E-state index contributed by atoms with van der Waals surface area (Å²) >= 11 is 0. The molecule has 1 atom stereocenters. The normalized spacial score (nSPS) is 26.5. The molecular formula is C11H17N3O2. The molecule has 0 saturated carbocycles. The number of hydrogen-bond acceptors (Lipinski definition) is 4. The van der Waals surface area contributed by atoms with Crippen LogP contribution in [0.3, 0.4) is 0 Å². The van der Waals surface area contributed by atoms with Crippen LogP contribution in [0.15, 0.2) is 17.2 Å². The smallest absolute Gasteiger partial charge is 0.290 e. The van der Waals surface area contributed by atoms with E-state index >= 15 is 0 Å². The van der Waals surface area contributed by atoms with Crippen LogP contribution in [0, 0.1) is 0 Å². The van der Waals surface area contributed by atoms with Crippen molar-refractivity contribution >= 4 is 5.82 Å². The van der Waals surface area contributed by atoms with Crippen LogP contribution in [0.1, 0.15) is 26.2 Å². The van der Waals surface area contributed by atoms with Gasteiger partial charge in [-0.2, -0.15) is 0 Å². The van der Waals surface area contributed by atoms with Gasteiger partial charge in [0.2, 0.25) is 0 Å². The van der Waals surface area contributed by atoms with Crippen molar-refractivity contribution < 1.29 is 5.11 Å². The number of H-pyrrole nitrogens is 1. The number of hydrogen-bond donors (Lipinski definition) is 2. The van der Waals surface area contributed by atoms with E-state index in [0.29, 0.717) is 18.8 Å². The van der Waals surface area contributed by atoms with Crippen LogP contribution < -0.4 is 10.5 Å². The molecule has 1 aromatic heterocycles. The van der Waals surface area contributed by atoms with Gasteiger partial charge in [-0.15, -0.1) is 0 Å². The number of rotatable bonds is 1. The molecule has 2 rings (SSSR count). The van der Waals surface area contributed by atoms with E-state index in [2.05, 4.69) is 9.97 Å². The van der Waals surface area contributed by atoms with Crippen molar-refractivity contribution in [2.45, 2.75) is 31.8 Å². The van der Waals surface area contributed by atoms with E-state index in [4.69, 9.17) is 0 Å². The molecule has 0 radical (unpaired) electrons. The highest BCUT2D eigenvalue weighted by molar-refractivity contribution is 5.35. The summed E-state index contributed by atoms with van der Waals surface area (Å²) < 4.78 is 0. The lowest BCUT2D eigenvalue weighted by molar-refractivity contribution is 0.0481. The van der Waals surface area contributed by atoms with E-state index < -0.39 is 5.60 Å². The molecule has 0 amide bonds. The van der Waals surface area contributed by atoms with Gasteiger partial charge in [0.1, 0.15) is 0 Å². The quantitative estimate of drug-likeness (QED) is 0.728. The van der Waals surface area contributed by atoms with Crippen LogP contribution in [0.25, 0.3) is 0 Å². The largest absolute Gasteiger partial charge is 0.390 e. The van der Waals surface area contributed by atoms with Crippen LogP contribution in [-0.2, 0) is 0 Å². The van der Waals surface area contributed by atoms with Crippen LogP contribution >= 0.6 is 0 Å². The highest BCUT2D eigenvalue weighted by Gasteiger charge is 2.26. The number of aliphatic hydroxyl groups is 1. The summed E-state index contributed by atoms with van der Waals surface area (Å²) in [5, 5.41) is 9.96. The predicted molar refractivity (Wildman–Crippen MR) is 61.5 cm³/mol. The van der Waals surface area contributed by atoms with E-state index in [9.17, 15) is 9.90 Å². The minimum absolute atomic E-state index is 0.163. The Kier molecular flexibility index (Phi) is 2.96. The van der Waals surface area contributed by atoms with Crippen molar-refractivity contribution in [3.8, 4) is 0 Å². The number of nitrogens with one attached hydrogen (secondary N) is 1. The zero-order valence-electron chi connectivity index (χ0n) is 9.44. The van der Waals surface area contributed by atoms with Crippen molar-refractivity contribution in [2.75, 3.05) is 18.0 Å². The molecule has 0 spiro atoms. The highest BCUT2D eigenvalue weighted by atomic mass is 16.3. The van der Waals surface area contributed by atoms with Gasteiger partial charge in [0.25, 0.3) is 5.56 Å². The van der Waals surface area contributed by atoms with E-state index in [1.807, 2.05) is 11.8 Å². The average Bonchev–Trinajstić information content (AvgIpc) is 2.40. The van der Waals surface area contributed by atoms with Gasteiger partial charge in [0, 0.05) is 25.5 Å². The standard InChI is InChI=1S/C11H17N3O2/c1-11(16)3-2-7-14(8-4-11)9-10(15)13-6-5-12-9/h5-6,16H,2-4,7-8H2,1H3,(H,13,15). The molecule has 1 aliphatic heterocycles. The van der Waals surface area contributed by atoms with Crippen molar-refractivity contribution in [2.24, 2.45) is 0 Å². The van der Waals surface area contributed by atoms with E-state index in [1.165, 1.54) is 6.20 Å². The molecule has 0 aliphatic carbocycles. The Labute approximate surface area is 94.1 Å². The summed E-state index contributed by atoms with van der Waals surface area (Å²) in [5.41, 5.74) is -0.778. The van der Waals surface area contributed by atoms with Crippen LogP contribution in [-0.4, -0.2) is 33.8 Å². The lowest BCUT2D eigenvalue weighted by Crippen LogP contribution is -2.32. The number of aromatic nitrogens is 2. The van der Waals surface area contributed by atoms with Gasteiger partial charge in [-0.3, -0.25) is 4.79 Å². The second-order valence-electron chi connectivity index (χ2n) is 4.58. The average molecular weight is 223 g/mol. The fraction of sp³-hybridized carbons (Fsp3) is 0.636. The zero-order chi connectivity index (χ0) is 11.6. The number of nitrogens with zero attached hydrogens (tertiary/aromatic N) is 2. The monoisotopic (exact) mass is 223 g/mol. The van der Waals surface area contributed by atoms with E-state index in [0.717, 1.165) is 19.4 Å². The minimum atomic E-state index is -0.615. The first-order valence-electron chi connectivity index (χ1n) is 5.59. The predicted octanol–water partition coefficient (Wildman–Crippen LogP) is 0.511. The van der Waals surface area contributed by atoms with Gasteiger partial charge in [-0.05, 0) is 26.2 Å². The summed E-state index contributed by atoms with van der Waals surface area (Å²) in [7, 11) is 0. The fourth-order valence-electron chi connectivity index (χ4n) is 2.04. The molecule has 5 nitrogen and oxygen atoms in total. The Morgan fingerprint density at radius 2 is 2.31 bits per heavy atom. The second-order valence-corrected chi connectivity index (χ2v) is 4.58. The topological polar surface area (TPSA) is 69.2 Å². The van der Waals surface area contributed by atoms with Crippen LogP contribution in [0.2, 0.25) is 0 Å². The number of aromatic amines is 1. The van der Waals surface area contributed by atoms with Crippen molar-refractivity contribution in [3.05, 3.63) is 22.7 Å². The van der Waals surface area contributed by atoms with Gasteiger partial charge in [0.15, 0.2) is 5.82 Å². The molecule has 5 heteroatoms.